The lowest BCUT2D eigenvalue weighted by Gasteiger charge is -2.13. The van der Waals surface area contributed by atoms with E-state index in [-0.39, 0.29) is 10.6 Å². The molecule has 0 saturated heterocycles. The Bertz CT molecular complexity index is 776. The lowest BCUT2D eigenvalue weighted by atomic mass is 10.2. The molecule has 0 unspecified atom stereocenters. The van der Waals surface area contributed by atoms with Crippen LogP contribution in [-0.2, 0) is 6.54 Å². The van der Waals surface area contributed by atoms with Gasteiger partial charge >= 0.3 is 0 Å². The first-order valence-corrected chi connectivity index (χ1v) is 8.76. The van der Waals surface area contributed by atoms with E-state index in [4.69, 9.17) is 0 Å². The van der Waals surface area contributed by atoms with Gasteiger partial charge in [0.2, 0.25) is 5.95 Å². The minimum Gasteiger partial charge on any atom is -0.366 e. The third-order valence-corrected chi connectivity index (χ3v) is 4.23. The molecule has 8 nitrogen and oxygen atoms in total. The van der Waals surface area contributed by atoms with Crippen LogP contribution in [0, 0.1) is 10.1 Å². The van der Waals surface area contributed by atoms with Crippen molar-refractivity contribution in [3.05, 3.63) is 51.7 Å². The van der Waals surface area contributed by atoms with Gasteiger partial charge in [-0.3, -0.25) is 10.1 Å². The van der Waals surface area contributed by atoms with E-state index in [2.05, 4.69) is 25.5 Å². The van der Waals surface area contributed by atoms with E-state index in [0.717, 1.165) is 31.6 Å². The predicted octanol–water partition coefficient (Wildman–Crippen LogP) is 2.85. The van der Waals surface area contributed by atoms with E-state index >= 15 is 0 Å². The number of likely N-dealkylation sites (N-methyl/N-ethyl adjacent to an activating group) is 1. The first-order chi connectivity index (χ1) is 12.5. The van der Waals surface area contributed by atoms with Crippen molar-refractivity contribution in [3.63, 3.8) is 0 Å². The van der Waals surface area contributed by atoms with E-state index in [1.54, 1.807) is 18.2 Å². The van der Waals surface area contributed by atoms with Gasteiger partial charge in [-0.1, -0.05) is 18.2 Å². The van der Waals surface area contributed by atoms with Gasteiger partial charge in [-0.15, -0.1) is 0 Å². The maximum absolute atomic E-state index is 11.2. The van der Waals surface area contributed by atoms with Crippen LogP contribution in [0.15, 0.2) is 30.3 Å². The van der Waals surface area contributed by atoms with Crippen LogP contribution < -0.4 is 10.6 Å². The first kappa shape index (κ1) is 18.1. The highest BCUT2D eigenvalue weighted by Gasteiger charge is 2.26. The number of nitrogens with one attached hydrogen (secondary N) is 2. The number of hydrogen-bond donors (Lipinski definition) is 2. The fourth-order valence-corrected chi connectivity index (χ4v) is 2.64. The second-order valence-corrected chi connectivity index (χ2v) is 6.75. The van der Waals surface area contributed by atoms with Crippen LogP contribution in [0.25, 0.3) is 0 Å². The lowest BCUT2D eigenvalue weighted by molar-refractivity contribution is -0.385. The van der Waals surface area contributed by atoms with Gasteiger partial charge in [0.05, 0.1) is 10.6 Å². The highest BCUT2D eigenvalue weighted by atomic mass is 16.6. The van der Waals surface area contributed by atoms with Gasteiger partial charge in [-0.25, -0.2) is 4.98 Å². The summed E-state index contributed by atoms with van der Waals surface area (Å²) in [7, 11) is 4.03. The van der Waals surface area contributed by atoms with E-state index in [1.807, 2.05) is 20.2 Å². The van der Waals surface area contributed by atoms with E-state index in [1.165, 1.54) is 6.07 Å². The molecule has 0 spiro atoms. The van der Waals surface area contributed by atoms with Crippen LogP contribution in [0.2, 0.25) is 0 Å². The van der Waals surface area contributed by atoms with Gasteiger partial charge in [0.1, 0.15) is 5.82 Å². The second-order valence-electron chi connectivity index (χ2n) is 6.75. The summed E-state index contributed by atoms with van der Waals surface area (Å²) in [6, 6.07) is 8.69. The Hall–Kier alpha value is -2.74. The summed E-state index contributed by atoms with van der Waals surface area (Å²) in [4.78, 5) is 22.0. The van der Waals surface area contributed by atoms with Crippen molar-refractivity contribution in [1.82, 2.24) is 14.9 Å². The Labute approximate surface area is 152 Å². The summed E-state index contributed by atoms with van der Waals surface area (Å²) < 4.78 is 0. The zero-order chi connectivity index (χ0) is 18.5. The van der Waals surface area contributed by atoms with Crippen LogP contribution >= 0.6 is 0 Å². The maximum atomic E-state index is 11.2. The number of aromatic nitrogens is 2. The number of nitro benzene ring substituents is 1. The normalized spacial score (nSPS) is 13.7. The molecular weight excluding hydrogens is 332 g/mol. The fraction of sp³-hybridized carbons (Fsp3) is 0.444. The second kappa shape index (κ2) is 8.09. The third kappa shape index (κ3) is 4.89. The van der Waals surface area contributed by atoms with Crippen LogP contribution in [0.5, 0.6) is 0 Å². The molecule has 1 fully saturated rings. The number of rotatable bonds is 9. The van der Waals surface area contributed by atoms with Gasteiger partial charge < -0.3 is 15.5 Å². The molecule has 0 atom stereocenters. The molecule has 0 radical (unpaired) electrons. The third-order valence-electron chi connectivity index (χ3n) is 4.23. The monoisotopic (exact) mass is 356 g/mol. The molecule has 2 aromatic rings. The molecule has 1 aromatic heterocycles. The molecule has 0 amide bonds. The van der Waals surface area contributed by atoms with Crippen molar-refractivity contribution in [3.8, 4) is 0 Å². The Kier molecular flexibility index (Phi) is 5.62. The number of nitro groups is 1. The molecule has 138 valence electrons. The SMILES string of the molecule is CN(C)CCNc1nc(NCc2ccccc2[N+](=O)[O-])cc(C2CC2)n1. The van der Waals surface area contributed by atoms with Crippen molar-refractivity contribution in [2.75, 3.05) is 37.8 Å². The average molecular weight is 356 g/mol. The Morgan fingerprint density at radius 3 is 2.69 bits per heavy atom. The van der Waals surface area contributed by atoms with Gasteiger partial charge in [-0.2, -0.15) is 4.98 Å². The molecule has 1 aliphatic rings. The minimum absolute atomic E-state index is 0.112. The zero-order valence-electron chi connectivity index (χ0n) is 15.1. The van der Waals surface area contributed by atoms with Gasteiger partial charge in [0, 0.05) is 43.2 Å². The molecule has 1 saturated carbocycles. The van der Waals surface area contributed by atoms with Gasteiger partial charge in [0.15, 0.2) is 0 Å². The molecule has 1 heterocycles. The number of hydrogen-bond acceptors (Lipinski definition) is 7. The minimum atomic E-state index is -0.360. The summed E-state index contributed by atoms with van der Waals surface area (Å²) >= 11 is 0. The molecule has 8 heteroatoms. The van der Waals surface area contributed by atoms with E-state index < -0.39 is 0 Å². The van der Waals surface area contributed by atoms with Crippen molar-refractivity contribution in [2.24, 2.45) is 0 Å². The number of nitrogens with zero attached hydrogens (tertiary/aromatic N) is 4. The first-order valence-electron chi connectivity index (χ1n) is 8.76. The molecule has 2 N–H and O–H groups in total. The quantitative estimate of drug-likeness (QED) is 0.527. The Morgan fingerprint density at radius 1 is 1.23 bits per heavy atom. The molecule has 3 rings (SSSR count). The van der Waals surface area contributed by atoms with Crippen LogP contribution in [0.3, 0.4) is 0 Å². The zero-order valence-corrected chi connectivity index (χ0v) is 15.1. The molecule has 0 bridgehead atoms. The summed E-state index contributed by atoms with van der Waals surface area (Å²) in [6.45, 7) is 1.98. The summed E-state index contributed by atoms with van der Waals surface area (Å²) in [5.74, 6) is 1.78. The summed E-state index contributed by atoms with van der Waals surface area (Å²) in [5, 5.41) is 17.6. The molecule has 1 aliphatic carbocycles. The number of anilines is 2. The molecule has 1 aromatic carbocycles. The standard InChI is InChI=1S/C18H24N6O2/c1-23(2)10-9-19-18-21-15(13-7-8-13)11-17(22-18)20-12-14-5-3-4-6-16(14)24(25)26/h3-6,11,13H,7-10,12H2,1-2H3,(H2,19,20,21,22). The topological polar surface area (TPSA) is 96.2 Å². The van der Waals surface area contributed by atoms with E-state index in [9.17, 15) is 10.1 Å². The van der Waals surface area contributed by atoms with E-state index in [0.29, 0.717) is 29.8 Å². The lowest BCUT2D eigenvalue weighted by Crippen LogP contribution is -2.21. The Balaban J connectivity index is 1.72. The van der Waals surface area contributed by atoms with Crippen molar-refractivity contribution < 1.29 is 4.92 Å². The maximum Gasteiger partial charge on any atom is 0.274 e. The predicted molar refractivity (Wildman–Crippen MR) is 101 cm³/mol. The van der Waals surface area contributed by atoms with Crippen LogP contribution in [0.4, 0.5) is 17.5 Å². The van der Waals surface area contributed by atoms with Crippen molar-refractivity contribution >= 4 is 17.5 Å². The number of benzene rings is 1. The highest BCUT2D eigenvalue weighted by molar-refractivity contribution is 5.47. The number of para-hydroxylation sites is 1. The largest absolute Gasteiger partial charge is 0.366 e. The molecular formula is C18H24N6O2. The highest BCUT2D eigenvalue weighted by Crippen LogP contribution is 2.39. The van der Waals surface area contributed by atoms with Crippen molar-refractivity contribution in [2.45, 2.75) is 25.3 Å². The van der Waals surface area contributed by atoms with Crippen molar-refractivity contribution in [1.29, 1.82) is 0 Å². The molecule has 26 heavy (non-hydrogen) atoms. The van der Waals surface area contributed by atoms with Gasteiger partial charge in [0.25, 0.3) is 5.69 Å². The fourth-order valence-electron chi connectivity index (χ4n) is 2.64. The summed E-state index contributed by atoms with van der Waals surface area (Å²) in [6.07, 6.45) is 2.30. The van der Waals surface area contributed by atoms with Crippen LogP contribution in [-0.4, -0.2) is 47.0 Å². The average Bonchev–Trinajstić information content (AvgIpc) is 3.45. The Morgan fingerprint density at radius 2 is 2.00 bits per heavy atom. The smallest absolute Gasteiger partial charge is 0.274 e. The molecule has 0 aliphatic heterocycles. The van der Waals surface area contributed by atoms with Gasteiger partial charge in [-0.05, 0) is 26.9 Å². The summed E-state index contributed by atoms with van der Waals surface area (Å²) in [5.41, 5.74) is 1.77. The van der Waals surface area contributed by atoms with Crippen LogP contribution in [0.1, 0.15) is 30.0 Å².